The van der Waals surface area contributed by atoms with Crippen molar-refractivity contribution in [2.45, 2.75) is 18.8 Å². The molecule has 0 aliphatic carbocycles. The van der Waals surface area contributed by atoms with Crippen LogP contribution in [0.2, 0.25) is 5.02 Å². The molecule has 4 rings (SSSR count). The van der Waals surface area contributed by atoms with E-state index in [1.165, 1.54) is 0 Å². The SMILES string of the molecule is NC(=O)N1CCC[C@@H](C(=O)NC[C@@H](c2ccccc2Cl)c2c[nH]c3ccccc23)C1. The lowest BCUT2D eigenvalue weighted by molar-refractivity contribution is -0.126. The summed E-state index contributed by atoms with van der Waals surface area (Å²) in [5.74, 6) is -0.409. The predicted molar refractivity (Wildman–Crippen MR) is 118 cm³/mol. The summed E-state index contributed by atoms with van der Waals surface area (Å²) < 4.78 is 0. The first-order valence-corrected chi connectivity index (χ1v) is 10.5. The fraction of sp³-hybridized carbons (Fsp3) is 0.304. The van der Waals surface area contributed by atoms with Gasteiger partial charge in [-0.05, 0) is 36.1 Å². The smallest absolute Gasteiger partial charge is 0.314 e. The van der Waals surface area contributed by atoms with Gasteiger partial charge in [0.1, 0.15) is 0 Å². The number of likely N-dealkylation sites (tertiary alicyclic amines) is 1. The number of amides is 3. The minimum atomic E-state index is -0.472. The van der Waals surface area contributed by atoms with Crippen molar-refractivity contribution < 1.29 is 9.59 Å². The van der Waals surface area contributed by atoms with Crippen molar-refractivity contribution in [3.8, 4) is 0 Å². The molecule has 2 atom stereocenters. The molecule has 3 amide bonds. The van der Waals surface area contributed by atoms with Gasteiger partial charge in [0.15, 0.2) is 0 Å². The lowest BCUT2D eigenvalue weighted by Crippen LogP contribution is -2.47. The van der Waals surface area contributed by atoms with E-state index in [1.54, 1.807) is 4.90 Å². The highest BCUT2D eigenvalue weighted by atomic mass is 35.5. The molecule has 0 saturated carbocycles. The highest BCUT2D eigenvalue weighted by molar-refractivity contribution is 6.31. The van der Waals surface area contributed by atoms with E-state index < -0.39 is 6.03 Å². The van der Waals surface area contributed by atoms with E-state index in [9.17, 15) is 9.59 Å². The average molecular weight is 425 g/mol. The second-order valence-electron chi connectivity index (χ2n) is 7.73. The number of piperidine rings is 1. The zero-order chi connectivity index (χ0) is 21.1. The molecular weight excluding hydrogens is 400 g/mol. The van der Waals surface area contributed by atoms with Gasteiger partial charge < -0.3 is 20.9 Å². The van der Waals surface area contributed by atoms with Gasteiger partial charge in [-0.1, -0.05) is 48.0 Å². The van der Waals surface area contributed by atoms with Crippen LogP contribution in [-0.4, -0.2) is 41.5 Å². The molecule has 30 heavy (non-hydrogen) atoms. The molecule has 1 aliphatic heterocycles. The number of hydrogen-bond acceptors (Lipinski definition) is 2. The summed E-state index contributed by atoms with van der Waals surface area (Å²) in [7, 11) is 0. The summed E-state index contributed by atoms with van der Waals surface area (Å²) in [5, 5.41) is 4.87. The number of H-pyrrole nitrogens is 1. The van der Waals surface area contributed by atoms with Crippen molar-refractivity contribution in [2.24, 2.45) is 11.7 Å². The maximum Gasteiger partial charge on any atom is 0.314 e. The van der Waals surface area contributed by atoms with Gasteiger partial charge in [-0.25, -0.2) is 4.79 Å². The Morgan fingerprint density at radius 1 is 1.17 bits per heavy atom. The summed E-state index contributed by atoms with van der Waals surface area (Å²) in [6, 6.07) is 15.3. The third-order valence-electron chi connectivity index (χ3n) is 5.86. The molecule has 7 heteroatoms. The molecule has 6 nitrogen and oxygen atoms in total. The Labute approximate surface area is 180 Å². The van der Waals surface area contributed by atoms with Crippen LogP contribution in [0.4, 0.5) is 4.79 Å². The Bertz CT molecular complexity index is 1060. The second kappa shape index (κ2) is 8.79. The number of urea groups is 1. The van der Waals surface area contributed by atoms with Gasteiger partial charge >= 0.3 is 6.03 Å². The molecular formula is C23H25ClN4O2. The van der Waals surface area contributed by atoms with E-state index in [0.29, 0.717) is 24.7 Å². The largest absolute Gasteiger partial charge is 0.361 e. The third-order valence-corrected chi connectivity index (χ3v) is 6.21. The van der Waals surface area contributed by atoms with Gasteiger partial charge in [-0.3, -0.25) is 4.79 Å². The number of hydrogen-bond donors (Lipinski definition) is 3. The van der Waals surface area contributed by atoms with Crippen molar-refractivity contribution in [1.29, 1.82) is 0 Å². The van der Waals surface area contributed by atoms with Gasteiger partial charge in [0.05, 0.1) is 5.92 Å². The molecule has 156 valence electrons. The first-order valence-electron chi connectivity index (χ1n) is 10.2. The molecule has 1 saturated heterocycles. The molecule has 2 aromatic carbocycles. The fourth-order valence-corrected chi connectivity index (χ4v) is 4.53. The van der Waals surface area contributed by atoms with Crippen LogP contribution in [0.25, 0.3) is 10.9 Å². The number of primary amides is 1. The Balaban J connectivity index is 1.57. The zero-order valence-corrected chi connectivity index (χ0v) is 17.4. The zero-order valence-electron chi connectivity index (χ0n) is 16.6. The number of nitrogens with one attached hydrogen (secondary N) is 2. The van der Waals surface area contributed by atoms with Crippen molar-refractivity contribution in [3.63, 3.8) is 0 Å². The monoisotopic (exact) mass is 424 g/mol. The number of nitrogens with zero attached hydrogens (tertiary/aromatic N) is 1. The Hall–Kier alpha value is -2.99. The molecule has 0 radical (unpaired) electrons. The molecule has 0 bridgehead atoms. The molecule has 1 aromatic heterocycles. The fourth-order valence-electron chi connectivity index (χ4n) is 4.27. The van der Waals surface area contributed by atoms with Crippen LogP contribution in [0.15, 0.2) is 54.7 Å². The van der Waals surface area contributed by atoms with Crippen LogP contribution in [0.5, 0.6) is 0 Å². The van der Waals surface area contributed by atoms with Crippen LogP contribution in [0.1, 0.15) is 29.9 Å². The molecule has 1 aliphatic rings. The normalized spacial score (nSPS) is 17.6. The molecule has 0 spiro atoms. The molecule has 3 aromatic rings. The van der Waals surface area contributed by atoms with E-state index >= 15 is 0 Å². The number of rotatable bonds is 5. The topological polar surface area (TPSA) is 91.2 Å². The van der Waals surface area contributed by atoms with Crippen molar-refractivity contribution in [2.75, 3.05) is 19.6 Å². The van der Waals surface area contributed by atoms with Gasteiger partial charge in [-0.15, -0.1) is 0 Å². The van der Waals surface area contributed by atoms with Gasteiger partial charge in [0.25, 0.3) is 0 Å². The molecule has 0 unspecified atom stereocenters. The summed E-state index contributed by atoms with van der Waals surface area (Å²) in [4.78, 5) is 29.2. The second-order valence-corrected chi connectivity index (χ2v) is 8.14. The van der Waals surface area contributed by atoms with Gasteiger partial charge in [-0.2, -0.15) is 0 Å². The number of carbonyl (C=O) groups excluding carboxylic acids is 2. The minimum absolute atomic E-state index is 0.0576. The third kappa shape index (κ3) is 4.14. The summed E-state index contributed by atoms with van der Waals surface area (Å²) >= 11 is 6.52. The number of fused-ring (bicyclic) bond motifs is 1. The van der Waals surface area contributed by atoms with Crippen molar-refractivity contribution in [1.82, 2.24) is 15.2 Å². The number of benzene rings is 2. The standard InChI is InChI=1S/C23H25ClN4O2/c24-20-9-3-1-7-16(20)18(19-12-26-21-10-4-2-8-17(19)21)13-27-22(29)15-6-5-11-28(14-15)23(25)30/h1-4,7-10,12,15,18,26H,5-6,11,13-14H2,(H2,25,30)(H,27,29)/t15-,18+/m1/s1. The molecule has 2 heterocycles. The lowest BCUT2D eigenvalue weighted by atomic mass is 9.90. The highest BCUT2D eigenvalue weighted by Gasteiger charge is 2.28. The highest BCUT2D eigenvalue weighted by Crippen LogP contribution is 2.34. The Morgan fingerprint density at radius 2 is 1.93 bits per heavy atom. The molecule has 1 fully saturated rings. The quantitative estimate of drug-likeness (QED) is 0.580. The number of aromatic nitrogens is 1. The van der Waals surface area contributed by atoms with Crippen LogP contribution >= 0.6 is 11.6 Å². The first-order chi connectivity index (χ1) is 14.5. The number of nitrogens with two attached hydrogens (primary N) is 1. The number of para-hydroxylation sites is 1. The van der Waals surface area contributed by atoms with E-state index in [-0.39, 0.29) is 17.7 Å². The number of carbonyl (C=O) groups is 2. The van der Waals surface area contributed by atoms with Crippen LogP contribution < -0.4 is 11.1 Å². The summed E-state index contributed by atoms with van der Waals surface area (Å²) in [6.07, 6.45) is 3.51. The Morgan fingerprint density at radius 3 is 2.73 bits per heavy atom. The van der Waals surface area contributed by atoms with Gasteiger partial charge in [0, 0.05) is 47.7 Å². The Kier molecular flexibility index (Phi) is 5.95. The number of aromatic amines is 1. The van der Waals surface area contributed by atoms with E-state index in [0.717, 1.165) is 34.9 Å². The van der Waals surface area contributed by atoms with Crippen LogP contribution in [0, 0.1) is 5.92 Å². The first kappa shape index (κ1) is 20.3. The average Bonchev–Trinajstić information content (AvgIpc) is 3.19. The van der Waals surface area contributed by atoms with E-state index in [4.69, 9.17) is 17.3 Å². The summed E-state index contributed by atoms with van der Waals surface area (Å²) in [5.41, 5.74) is 8.49. The maximum absolute atomic E-state index is 12.9. The minimum Gasteiger partial charge on any atom is -0.361 e. The van der Waals surface area contributed by atoms with Crippen molar-refractivity contribution in [3.05, 3.63) is 70.9 Å². The maximum atomic E-state index is 12.9. The van der Waals surface area contributed by atoms with Crippen LogP contribution in [0.3, 0.4) is 0 Å². The lowest BCUT2D eigenvalue weighted by Gasteiger charge is -2.31. The molecule has 4 N–H and O–H groups in total. The van der Waals surface area contributed by atoms with Crippen LogP contribution in [-0.2, 0) is 4.79 Å². The number of halogens is 1. The van der Waals surface area contributed by atoms with E-state index in [2.05, 4.69) is 16.4 Å². The van der Waals surface area contributed by atoms with E-state index in [1.807, 2.05) is 48.7 Å². The summed E-state index contributed by atoms with van der Waals surface area (Å²) in [6.45, 7) is 1.39. The van der Waals surface area contributed by atoms with Crippen molar-refractivity contribution >= 4 is 34.4 Å². The predicted octanol–water partition coefficient (Wildman–Crippen LogP) is 3.86. The van der Waals surface area contributed by atoms with Gasteiger partial charge in [0.2, 0.25) is 5.91 Å².